The van der Waals surface area contributed by atoms with Gasteiger partial charge in [-0.25, -0.2) is 0 Å². The molecule has 1 amide bonds. The third-order valence-corrected chi connectivity index (χ3v) is 4.19. The van der Waals surface area contributed by atoms with Gasteiger partial charge in [0, 0.05) is 24.0 Å². The average Bonchev–Trinajstić information content (AvgIpc) is 3.25. The highest BCUT2D eigenvalue weighted by Gasteiger charge is 2.38. The van der Waals surface area contributed by atoms with Crippen LogP contribution in [0.3, 0.4) is 0 Å². The standard InChI is InChI=1S/C18H14N4O4/c23-18-15-4-1-9-19-16(15)17(21(18)11-14-3-2-10-26-14)20-12-5-7-13(8-6-12)22(24)25/h1-10,17,20H,11H2/t17-/m0/s1. The molecule has 0 radical (unpaired) electrons. The molecule has 1 N–H and O–H groups in total. The molecule has 0 unspecified atom stereocenters. The number of fused-ring (bicyclic) bond motifs is 1. The number of carbonyl (C=O) groups excluding carboxylic acids is 1. The summed E-state index contributed by atoms with van der Waals surface area (Å²) in [6.07, 6.45) is 2.69. The molecule has 3 aromatic rings. The number of nitro groups is 1. The Balaban J connectivity index is 1.65. The van der Waals surface area contributed by atoms with E-state index in [0.717, 1.165) is 0 Å². The van der Waals surface area contributed by atoms with Crippen LogP contribution in [0.25, 0.3) is 0 Å². The summed E-state index contributed by atoms with van der Waals surface area (Å²) in [6, 6.07) is 13.0. The number of amides is 1. The number of nitro benzene ring substituents is 1. The Labute approximate surface area is 148 Å². The lowest BCUT2D eigenvalue weighted by molar-refractivity contribution is -0.384. The fraction of sp³-hybridized carbons (Fsp3) is 0.111. The molecule has 0 spiro atoms. The van der Waals surface area contributed by atoms with E-state index in [-0.39, 0.29) is 18.1 Å². The molecule has 0 bridgehead atoms. The van der Waals surface area contributed by atoms with E-state index < -0.39 is 11.1 Å². The molecule has 1 aromatic carbocycles. The Morgan fingerprint density at radius 1 is 1.19 bits per heavy atom. The monoisotopic (exact) mass is 350 g/mol. The van der Waals surface area contributed by atoms with Crippen LogP contribution in [0.2, 0.25) is 0 Å². The normalized spacial score (nSPS) is 15.8. The summed E-state index contributed by atoms with van der Waals surface area (Å²) in [4.78, 5) is 29.1. The number of anilines is 1. The predicted molar refractivity (Wildman–Crippen MR) is 92.3 cm³/mol. The predicted octanol–water partition coefficient (Wildman–Crippen LogP) is 3.35. The van der Waals surface area contributed by atoms with Gasteiger partial charge in [-0.2, -0.15) is 0 Å². The third-order valence-electron chi connectivity index (χ3n) is 4.19. The molecule has 4 rings (SSSR count). The molecule has 0 saturated heterocycles. The molecule has 1 atom stereocenters. The van der Waals surface area contributed by atoms with Crippen molar-refractivity contribution in [2.75, 3.05) is 5.32 Å². The Morgan fingerprint density at radius 3 is 2.69 bits per heavy atom. The smallest absolute Gasteiger partial charge is 0.269 e. The zero-order valence-corrected chi connectivity index (χ0v) is 13.5. The first-order chi connectivity index (χ1) is 12.6. The van der Waals surface area contributed by atoms with Gasteiger partial charge in [0.2, 0.25) is 0 Å². The second kappa shape index (κ2) is 6.32. The summed E-state index contributed by atoms with van der Waals surface area (Å²) in [5, 5.41) is 14.0. The minimum absolute atomic E-state index is 0.00372. The van der Waals surface area contributed by atoms with E-state index >= 15 is 0 Å². The highest BCUT2D eigenvalue weighted by atomic mass is 16.6. The zero-order valence-electron chi connectivity index (χ0n) is 13.5. The van der Waals surface area contributed by atoms with Crippen LogP contribution in [0.4, 0.5) is 11.4 Å². The SMILES string of the molecule is O=C1c2cccnc2[C@@H](Nc2ccc([N+](=O)[O-])cc2)N1Cc1ccco1. The maximum absolute atomic E-state index is 12.8. The molecule has 0 fully saturated rings. The van der Waals surface area contributed by atoms with Crippen LogP contribution in [0, 0.1) is 10.1 Å². The Bertz CT molecular complexity index is 954. The topological polar surface area (TPSA) is 102 Å². The van der Waals surface area contributed by atoms with Gasteiger partial charge in [-0.1, -0.05) is 0 Å². The fourth-order valence-electron chi connectivity index (χ4n) is 2.95. The maximum Gasteiger partial charge on any atom is 0.269 e. The molecule has 8 heteroatoms. The minimum Gasteiger partial charge on any atom is -0.467 e. The number of hydrogen-bond acceptors (Lipinski definition) is 6. The first-order valence-corrected chi connectivity index (χ1v) is 7.93. The lowest BCUT2D eigenvalue weighted by Crippen LogP contribution is -2.31. The quantitative estimate of drug-likeness (QED) is 0.559. The first kappa shape index (κ1) is 15.8. The fourth-order valence-corrected chi connectivity index (χ4v) is 2.95. The molecule has 0 aliphatic carbocycles. The van der Waals surface area contributed by atoms with E-state index in [9.17, 15) is 14.9 Å². The summed E-state index contributed by atoms with van der Waals surface area (Å²) in [5.41, 5.74) is 1.79. The van der Waals surface area contributed by atoms with Gasteiger partial charge in [0.25, 0.3) is 11.6 Å². The summed E-state index contributed by atoms with van der Waals surface area (Å²) < 4.78 is 5.37. The summed E-state index contributed by atoms with van der Waals surface area (Å²) in [5.74, 6) is 0.505. The number of carbonyl (C=O) groups is 1. The van der Waals surface area contributed by atoms with Crippen molar-refractivity contribution < 1.29 is 14.1 Å². The molecule has 26 heavy (non-hydrogen) atoms. The number of hydrogen-bond donors (Lipinski definition) is 1. The summed E-state index contributed by atoms with van der Waals surface area (Å²) in [6.45, 7) is 0.285. The second-order valence-corrected chi connectivity index (χ2v) is 5.80. The highest BCUT2D eigenvalue weighted by molar-refractivity contribution is 5.98. The van der Waals surface area contributed by atoms with E-state index in [1.54, 1.807) is 53.8 Å². The number of rotatable bonds is 5. The van der Waals surface area contributed by atoms with E-state index in [1.807, 2.05) is 0 Å². The van der Waals surface area contributed by atoms with Gasteiger partial charge in [-0.05, 0) is 36.4 Å². The number of nitrogens with one attached hydrogen (secondary N) is 1. The number of non-ortho nitro benzene ring substituents is 1. The van der Waals surface area contributed by atoms with Crippen LogP contribution >= 0.6 is 0 Å². The molecular formula is C18H14N4O4. The largest absolute Gasteiger partial charge is 0.467 e. The van der Waals surface area contributed by atoms with E-state index in [0.29, 0.717) is 22.7 Å². The van der Waals surface area contributed by atoms with E-state index in [2.05, 4.69) is 10.3 Å². The molecule has 130 valence electrons. The van der Waals surface area contributed by atoms with Crippen molar-refractivity contribution in [3.63, 3.8) is 0 Å². The van der Waals surface area contributed by atoms with Crippen molar-refractivity contribution in [3.8, 4) is 0 Å². The Kier molecular flexibility index (Phi) is 3.85. The number of benzene rings is 1. The maximum atomic E-state index is 12.8. The molecule has 3 heterocycles. The van der Waals surface area contributed by atoms with Crippen molar-refractivity contribution in [2.24, 2.45) is 0 Å². The van der Waals surface area contributed by atoms with Gasteiger partial charge in [-0.3, -0.25) is 19.9 Å². The lowest BCUT2D eigenvalue weighted by Gasteiger charge is -2.25. The van der Waals surface area contributed by atoms with Crippen molar-refractivity contribution in [3.05, 3.63) is 88.1 Å². The molecule has 1 aliphatic rings. The number of aromatic nitrogens is 1. The molecule has 2 aromatic heterocycles. The van der Waals surface area contributed by atoms with Gasteiger partial charge >= 0.3 is 0 Å². The summed E-state index contributed by atoms with van der Waals surface area (Å²) in [7, 11) is 0. The minimum atomic E-state index is -0.495. The van der Waals surface area contributed by atoms with Crippen molar-refractivity contribution >= 4 is 17.3 Å². The Morgan fingerprint density at radius 2 is 2.00 bits per heavy atom. The zero-order chi connectivity index (χ0) is 18.1. The van der Waals surface area contributed by atoms with Gasteiger partial charge in [0.15, 0.2) is 0 Å². The van der Waals surface area contributed by atoms with Crippen molar-refractivity contribution in [2.45, 2.75) is 12.7 Å². The van der Waals surface area contributed by atoms with Crippen LogP contribution in [-0.2, 0) is 6.54 Å². The number of furan rings is 1. The highest BCUT2D eigenvalue weighted by Crippen LogP contribution is 2.34. The third kappa shape index (κ3) is 2.77. The molecule has 8 nitrogen and oxygen atoms in total. The van der Waals surface area contributed by atoms with Crippen LogP contribution < -0.4 is 5.32 Å². The van der Waals surface area contributed by atoms with Gasteiger partial charge in [0.05, 0.1) is 29.0 Å². The van der Waals surface area contributed by atoms with Crippen LogP contribution in [-0.4, -0.2) is 20.7 Å². The van der Waals surface area contributed by atoms with Gasteiger partial charge < -0.3 is 14.6 Å². The average molecular weight is 350 g/mol. The van der Waals surface area contributed by atoms with Crippen molar-refractivity contribution in [1.29, 1.82) is 0 Å². The van der Waals surface area contributed by atoms with Crippen LogP contribution in [0.15, 0.2) is 65.4 Å². The summed E-state index contributed by atoms with van der Waals surface area (Å²) >= 11 is 0. The van der Waals surface area contributed by atoms with Gasteiger partial charge in [0.1, 0.15) is 11.9 Å². The number of nitrogens with zero attached hydrogens (tertiary/aromatic N) is 3. The van der Waals surface area contributed by atoms with Gasteiger partial charge in [-0.15, -0.1) is 0 Å². The van der Waals surface area contributed by atoms with E-state index in [1.165, 1.54) is 12.1 Å². The molecular weight excluding hydrogens is 336 g/mol. The molecule has 0 saturated carbocycles. The van der Waals surface area contributed by atoms with Crippen molar-refractivity contribution in [1.82, 2.24) is 9.88 Å². The second-order valence-electron chi connectivity index (χ2n) is 5.80. The number of pyridine rings is 1. The van der Waals surface area contributed by atoms with Crippen LogP contribution in [0.1, 0.15) is 28.0 Å². The first-order valence-electron chi connectivity index (χ1n) is 7.93. The Hall–Kier alpha value is -3.68. The van der Waals surface area contributed by atoms with Crippen LogP contribution in [0.5, 0.6) is 0 Å². The molecule has 1 aliphatic heterocycles. The van der Waals surface area contributed by atoms with E-state index in [4.69, 9.17) is 4.42 Å². The lowest BCUT2D eigenvalue weighted by atomic mass is 10.2.